The first-order valence-corrected chi connectivity index (χ1v) is 15.0. The van der Waals surface area contributed by atoms with Crippen molar-refractivity contribution in [3.63, 3.8) is 0 Å². The molecule has 0 aliphatic carbocycles. The fourth-order valence-electron chi connectivity index (χ4n) is 7.18. The van der Waals surface area contributed by atoms with Crippen LogP contribution in [0.1, 0.15) is 23.1 Å². The standard InChI is InChI=1S/C40H25N3O/c1-2-11-24(12-3-1)36-39-37(30-17-6-9-20-35(30)44-39)42-40(41-36)26-14-10-13-25(21-26)27-22-31-28-15-4-7-18-33(28)43-34-19-8-5-16-29(34)32(23-27)38(31)43/h1-23,40,42H. The minimum absolute atomic E-state index is 0.264. The van der Waals surface area contributed by atoms with E-state index in [2.05, 4.69) is 119 Å². The molecule has 44 heavy (non-hydrogen) atoms. The van der Waals surface area contributed by atoms with Crippen LogP contribution in [0, 0.1) is 0 Å². The quantitative estimate of drug-likeness (QED) is 0.232. The van der Waals surface area contributed by atoms with Gasteiger partial charge in [0.25, 0.3) is 0 Å². The second-order valence-electron chi connectivity index (χ2n) is 11.6. The second-order valence-corrected chi connectivity index (χ2v) is 11.6. The number of furan rings is 1. The van der Waals surface area contributed by atoms with Gasteiger partial charge in [-0.3, -0.25) is 4.99 Å². The van der Waals surface area contributed by atoms with Gasteiger partial charge >= 0.3 is 0 Å². The molecule has 4 heteroatoms. The minimum Gasteiger partial charge on any atom is -0.452 e. The van der Waals surface area contributed by atoms with Crippen molar-refractivity contribution in [2.24, 2.45) is 4.99 Å². The Morgan fingerprint density at radius 1 is 0.545 bits per heavy atom. The smallest absolute Gasteiger partial charge is 0.177 e. The highest BCUT2D eigenvalue weighted by atomic mass is 16.3. The van der Waals surface area contributed by atoms with E-state index in [0.717, 1.165) is 39.3 Å². The van der Waals surface area contributed by atoms with Crippen LogP contribution in [0.15, 0.2) is 149 Å². The molecule has 3 aromatic heterocycles. The molecule has 1 aliphatic heterocycles. The maximum atomic E-state index is 6.37. The van der Waals surface area contributed by atoms with Gasteiger partial charge in [0.05, 0.1) is 22.2 Å². The van der Waals surface area contributed by atoms with Gasteiger partial charge in [0, 0.05) is 32.5 Å². The zero-order valence-electron chi connectivity index (χ0n) is 23.7. The van der Waals surface area contributed by atoms with Gasteiger partial charge in [0.15, 0.2) is 5.76 Å². The van der Waals surface area contributed by atoms with E-state index in [1.165, 1.54) is 49.2 Å². The lowest BCUT2D eigenvalue weighted by Gasteiger charge is -2.23. The van der Waals surface area contributed by atoms with Gasteiger partial charge in [-0.2, -0.15) is 0 Å². The Morgan fingerprint density at radius 2 is 1.18 bits per heavy atom. The lowest BCUT2D eigenvalue weighted by Crippen LogP contribution is -2.19. The second kappa shape index (κ2) is 8.82. The van der Waals surface area contributed by atoms with E-state index in [1.54, 1.807) is 0 Å². The Bertz CT molecular complexity index is 2510. The van der Waals surface area contributed by atoms with Crippen LogP contribution in [0.25, 0.3) is 60.2 Å². The summed E-state index contributed by atoms with van der Waals surface area (Å²) in [7, 11) is 0. The van der Waals surface area contributed by atoms with E-state index < -0.39 is 0 Å². The normalized spacial score (nSPS) is 14.9. The van der Waals surface area contributed by atoms with Crippen LogP contribution in [0.4, 0.5) is 5.69 Å². The Morgan fingerprint density at radius 3 is 1.93 bits per heavy atom. The number of aromatic nitrogens is 1. The van der Waals surface area contributed by atoms with Gasteiger partial charge in [0.1, 0.15) is 17.5 Å². The maximum absolute atomic E-state index is 6.37. The summed E-state index contributed by atoms with van der Waals surface area (Å²) < 4.78 is 8.79. The Kier molecular flexibility index (Phi) is 4.74. The van der Waals surface area contributed by atoms with E-state index in [1.807, 2.05) is 30.3 Å². The lowest BCUT2D eigenvalue weighted by atomic mass is 9.97. The summed E-state index contributed by atoms with van der Waals surface area (Å²) in [6.45, 7) is 0. The summed E-state index contributed by atoms with van der Waals surface area (Å²) in [6.07, 6.45) is -0.264. The Labute approximate surface area is 252 Å². The zero-order chi connectivity index (χ0) is 28.8. The first kappa shape index (κ1) is 23.7. The SMILES string of the molecule is c1ccc(C2=NC(c3cccc(-c4cc5c6ccccc6n6c7ccccc7c(c4)c56)c3)Nc3c2oc2ccccc32)cc1. The van der Waals surface area contributed by atoms with Gasteiger partial charge < -0.3 is 14.1 Å². The van der Waals surface area contributed by atoms with Crippen molar-refractivity contribution in [2.45, 2.75) is 6.17 Å². The number of benzene rings is 6. The van der Waals surface area contributed by atoms with Crippen molar-refractivity contribution in [1.29, 1.82) is 0 Å². The Hall–Kier alpha value is -5.87. The summed E-state index contributed by atoms with van der Waals surface area (Å²) in [5.41, 5.74) is 11.0. The summed E-state index contributed by atoms with van der Waals surface area (Å²) in [6, 6.07) is 49.5. The van der Waals surface area contributed by atoms with Crippen LogP contribution in [0.5, 0.6) is 0 Å². The topological polar surface area (TPSA) is 41.9 Å². The molecule has 1 N–H and O–H groups in total. The summed E-state index contributed by atoms with van der Waals surface area (Å²) in [4.78, 5) is 5.26. The third-order valence-corrected chi connectivity index (χ3v) is 9.14. The first-order chi connectivity index (χ1) is 21.8. The molecule has 0 radical (unpaired) electrons. The van der Waals surface area contributed by atoms with Crippen molar-refractivity contribution >= 4 is 60.5 Å². The summed E-state index contributed by atoms with van der Waals surface area (Å²) >= 11 is 0. The van der Waals surface area contributed by atoms with E-state index in [9.17, 15) is 0 Å². The predicted octanol–water partition coefficient (Wildman–Crippen LogP) is 10.2. The molecule has 0 saturated carbocycles. The molecule has 1 unspecified atom stereocenters. The average molecular weight is 564 g/mol. The summed E-state index contributed by atoms with van der Waals surface area (Å²) in [5.74, 6) is 0.786. The molecular weight excluding hydrogens is 538 g/mol. The van der Waals surface area contributed by atoms with E-state index in [-0.39, 0.29) is 6.17 Å². The molecule has 10 rings (SSSR count). The van der Waals surface area contributed by atoms with Crippen LogP contribution < -0.4 is 5.32 Å². The van der Waals surface area contributed by atoms with Crippen LogP contribution in [0.2, 0.25) is 0 Å². The van der Waals surface area contributed by atoms with Crippen LogP contribution in [-0.2, 0) is 0 Å². The molecule has 1 aliphatic rings. The number of para-hydroxylation sites is 3. The van der Waals surface area contributed by atoms with Crippen LogP contribution in [0.3, 0.4) is 0 Å². The molecule has 9 aromatic rings. The van der Waals surface area contributed by atoms with Crippen molar-refractivity contribution in [2.75, 3.05) is 5.32 Å². The largest absolute Gasteiger partial charge is 0.452 e. The highest BCUT2D eigenvalue weighted by molar-refractivity contribution is 6.24. The predicted molar refractivity (Wildman–Crippen MR) is 181 cm³/mol. The van der Waals surface area contributed by atoms with Gasteiger partial charge in [-0.15, -0.1) is 0 Å². The zero-order valence-corrected chi connectivity index (χ0v) is 23.7. The first-order valence-electron chi connectivity index (χ1n) is 15.0. The number of hydrogen-bond acceptors (Lipinski definition) is 3. The number of aliphatic imine (C=N–C) groups is 1. The summed E-state index contributed by atoms with van der Waals surface area (Å²) in [5, 5.41) is 9.91. The van der Waals surface area contributed by atoms with Crippen molar-refractivity contribution < 1.29 is 4.42 Å². The molecule has 0 fully saturated rings. The number of fused-ring (bicyclic) bond motifs is 9. The average Bonchev–Trinajstić information content (AvgIpc) is 3.75. The fourth-order valence-corrected chi connectivity index (χ4v) is 7.18. The fraction of sp³-hybridized carbons (Fsp3) is 0.0250. The van der Waals surface area contributed by atoms with Gasteiger partial charge in [-0.25, -0.2) is 0 Å². The van der Waals surface area contributed by atoms with Crippen molar-refractivity contribution in [3.05, 3.63) is 156 Å². The van der Waals surface area contributed by atoms with Gasteiger partial charge in [-0.05, 0) is 59.2 Å². The van der Waals surface area contributed by atoms with Gasteiger partial charge in [-0.1, -0.05) is 97.1 Å². The highest BCUT2D eigenvalue weighted by Crippen LogP contribution is 2.43. The van der Waals surface area contributed by atoms with Crippen LogP contribution >= 0.6 is 0 Å². The molecule has 6 aromatic carbocycles. The Balaban J connectivity index is 1.16. The molecule has 0 saturated heterocycles. The molecule has 0 amide bonds. The molecule has 0 spiro atoms. The van der Waals surface area contributed by atoms with Gasteiger partial charge in [0.2, 0.25) is 0 Å². The molecule has 206 valence electrons. The maximum Gasteiger partial charge on any atom is 0.177 e. The molecule has 4 nitrogen and oxygen atoms in total. The van der Waals surface area contributed by atoms with Crippen molar-refractivity contribution in [3.8, 4) is 11.1 Å². The molecule has 4 heterocycles. The third kappa shape index (κ3) is 3.25. The number of anilines is 1. The monoisotopic (exact) mass is 563 g/mol. The molecule has 1 atom stereocenters. The number of nitrogens with zero attached hydrogens (tertiary/aromatic N) is 2. The van der Waals surface area contributed by atoms with E-state index in [0.29, 0.717) is 0 Å². The van der Waals surface area contributed by atoms with Crippen LogP contribution in [-0.4, -0.2) is 10.1 Å². The highest BCUT2D eigenvalue weighted by Gasteiger charge is 2.28. The third-order valence-electron chi connectivity index (χ3n) is 9.14. The molecule has 0 bridgehead atoms. The van der Waals surface area contributed by atoms with E-state index >= 15 is 0 Å². The van der Waals surface area contributed by atoms with Crippen molar-refractivity contribution in [1.82, 2.24) is 4.40 Å². The minimum atomic E-state index is -0.264. The molecular formula is C40H25N3O. The number of rotatable bonds is 3. The number of hydrogen-bond donors (Lipinski definition) is 1. The lowest BCUT2D eigenvalue weighted by molar-refractivity contribution is 0.599. The van der Waals surface area contributed by atoms with E-state index in [4.69, 9.17) is 9.41 Å². The number of nitrogens with one attached hydrogen (secondary N) is 1.